The summed E-state index contributed by atoms with van der Waals surface area (Å²) in [6, 6.07) is 18.0. The first-order chi connectivity index (χ1) is 16.1. The maximum Gasteiger partial charge on any atom is 0.251 e. The molecule has 5 heteroatoms. The Bertz CT molecular complexity index is 1040. The van der Waals surface area contributed by atoms with Gasteiger partial charge in [0.15, 0.2) is 0 Å². The van der Waals surface area contributed by atoms with Crippen molar-refractivity contribution in [3.8, 4) is 0 Å². The van der Waals surface area contributed by atoms with Crippen LogP contribution in [0.2, 0.25) is 0 Å². The number of carbonyl (C=O) groups excluding carboxylic acids is 1. The van der Waals surface area contributed by atoms with E-state index in [2.05, 4.69) is 70.8 Å². The summed E-state index contributed by atoms with van der Waals surface area (Å²) in [4.78, 5) is 18.9. The molecule has 0 atom stereocenters. The molecule has 2 aromatic carbocycles. The van der Waals surface area contributed by atoms with Gasteiger partial charge >= 0.3 is 0 Å². The molecule has 3 aromatic rings. The number of anilines is 2. The summed E-state index contributed by atoms with van der Waals surface area (Å²) in [5, 5.41) is 6.48. The molecule has 0 aliphatic heterocycles. The van der Waals surface area contributed by atoms with E-state index in [9.17, 15) is 4.79 Å². The number of carbonyl (C=O) groups is 1. The number of aryl methyl sites for hydroxylation is 1. The van der Waals surface area contributed by atoms with Crippen LogP contribution in [0.4, 0.5) is 11.4 Å². The molecule has 0 saturated heterocycles. The van der Waals surface area contributed by atoms with Gasteiger partial charge in [-0.1, -0.05) is 38.1 Å². The second-order valence-electron chi connectivity index (χ2n) is 8.03. The lowest BCUT2D eigenvalue weighted by Crippen LogP contribution is -2.29. The van der Waals surface area contributed by atoms with E-state index in [0.717, 1.165) is 54.1 Å². The van der Waals surface area contributed by atoms with Crippen LogP contribution in [-0.4, -0.2) is 42.0 Å². The maximum atomic E-state index is 12.5. The van der Waals surface area contributed by atoms with Crippen molar-refractivity contribution in [1.82, 2.24) is 15.2 Å². The number of rotatable bonds is 11. The van der Waals surface area contributed by atoms with Crippen molar-refractivity contribution in [3.05, 3.63) is 89.2 Å². The molecular formula is C28H34N4O. The van der Waals surface area contributed by atoms with Crippen molar-refractivity contribution < 1.29 is 4.79 Å². The van der Waals surface area contributed by atoms with Gasteiger partial charge in [0, 0.05) is 35.9 Å². The summed E-state index contributed by atoms with van der Waals surface area (Å²) >= 11 is 0. The third-order valence-electron chi connectivity index (χ3n) is 5.68. The summed E-state index contributed by atoms with van der Waals surface area (Å²) in [5.74, 6) is -0.0189. The highest BCUT2D eigenvalue weighted by Gasteiger charge is 2.08. The summed E-state index contributed by atoms with van der Waals surface area (Å²) in [5.41, 5.74) is 5.98. The van der Waals surface area contributed by atoms with Crippen LogP contribution < -0.4 is 10.6 Å². The van der Waals surface area contributed by atoms with E-state index in [4.69, 9.17) is 0 Å². The van der Waals surface area contributed by atoms with E-state index in [1.165, 1.54) is 0 Å². The smallest absolute Gasteiger partial charge is 0.251 e. The van der Waals surface area contributed by atoms with Gasteiger partial charge in [0.1, 0.15) is 0 Å². The Morgan fingerprint density at radius 1 is 0.939 bits per heavy atom. The summed E-state index contributed by atoms with van der Waals surface area (Å²) in [7, 11) is 0. The van der Waals surface area contributed by atoms with E-state index in [0.29, 0.717) is 12.1 Å². The normalized spacial score (nSPS) is 11.2. The first-order valence-corrected chi connectivity index (χ1v) is 11.7. The van der Waals surface area contributed by atoms with Crippen LogP contribution in [0.3, 0.4) is 0 Å². The Labute approximate surface area is 197 Å². The third-order valence-corrected chi connectivity index (χ3v) is 5.68. The van der Waals surface area contributed by atoms with E-state index in [-0.39, 0.29) is 5.91 Å². The van der Waals surface area contributed by atoms with Crippen LogP contribution in [-0.2, 0) is 0 Å². The SMILES string of the molecule is CCN(CC)CCCNC(=O)c1ccc(Nc2ccc(C=Cc3ccncc3)cc2)c(C)c1. The fourth-order valence-electron chi connectivity index (χ4n) is 3.59. The molecule has 0 bridgehead atoms. The molecule has 33 heavy (non-hydrogen) atoms. The fraction of sp³-hybridized carbons (Fsp3) is 0.286. The Balaban J connectivity index is 1.53. The highest BCUT2D eigenvalue weighted by atomic mass is 16.1. The van der Waals surface area contributed by atoms with Gasteiger partial charge in [-0.3, -0.25) is 9.78 Å². The maximum absolute atomic E-state index is 12.5. The lowest BCUT2D eigenvalue weighted by atomic mass is 10.1. The van der Waals surface area contributed by atoms with Crippen molar-refractivity contribution in [3.63, 3.8) is 0 Å². The Morgan fingerprint density at radius 3 is 2.24 bits per heavy atom. The number of aromatic nitrogens is 1. The van der Waals surface area contributed by atoms with Gasteiger partial charge in [-0.2, -0.15) is 0 Å². The summed E-state index contributed by atoms with van der Waals surface area (Å²) in [6.07, 6.45) is 8.69. The van der Waals surface area contributed by atoms with E-state index in [1.807, 2.05) is 37.3 Å². The van der Waals surface area contributed by atoms with Crippen molar-refractivity contribution in [1.29, 1.82) is 0 Å². The number of nitrogens with zero attached hydrogens (tertiary/aromatic N) is 2. The molecule has 0 spiro atoms. The number of benzene rings is 2. The minimum Gasteiger partial charge on any atom is -0.355 e. The first-order valence-electron chi connectivity index (χ1n) is 11.7. The van der Waals surface area contributed by atoms with Crippen LogP contribution in [0.5, 0.6) is 0 Å². The largest absolute Gasteiger partial charge is 0.355 e. The average Bonchev–Trinajstić information content (AvgIpc) is 2.85. The molecule has 2 N–H and O–H groups in total. The molecule has 1 amide bonds. The zero-order chi connectivity index (χ0) is 23.5. The number of pyridine rings is 1. The number of hydrogen-bond donors (Lipinski definition) is 2. The molecule has 0 aliphatic rings. The van der Waals surface area contributed by atoms with Gasteiger partial charge < -0.3 is 15.5 Å². The lowest BCUT2D eigenvalue weighted by molar-refractivity contribution is 0.0952. The highest BCUT2D eigenvalue weighted by Crippen LogP contribution is 2.22. The van der Waals surface area contributed by atoms with Gasteiger partial charge in [-0.25, -0.2) is 0 Å². The van der Waals surface area contributed by atoms with Gasteiger partial charge in [0.2, 0.25) is 0 Å². The second-order valence-corrected chi connectivity index (χ2v) is 8.03. The molecule has 0 saturated carbocycles. The van der Waals surface area contributed by atoms with Crippen molar-refractivity contribution >= 4 is 29.4 Å². The molecule has 0 aliphatic carbocycles. The molecule has 172 valence electrons. The minimum absolute atomic E-state index is 0.0189. The minimum atomic E-state index is -0.0189. The summed E-state index contributed by atoms with van der Waals surface area (Å²) < 4.78 is 0. The Kier molecular flexibility index (Phi) is 9.21. The van der Waals surface area contributed by atoms with E-state index >= 15 is 0 Å². The number of nitrogens with one attached hydrogen (secondary N) is 2. The number of amides is 1. The molecule has 1 aromatic heterocycles. The molecular weight excluding hydrogens is 408 g/mol. The predicted molar refractivity (Wildman–Crippen MR) is 139 cm³/mol. The molecule has 0 fully saturated rings. The van der Waals surface area contributed by atoms with Gasteiger partial charge in [-0.05, 0) is 92.1 Å². The van der Waals surface area contributed by atoms with E-state index in [1.54, 1.807) is 12.4 Å². The first kappa shape index (κ1) is 24.2. The Hall–Kier alpha value is -3.44. The molecule has 5 nitrogen and oxygen atoms in total. The molecule has 0 radical (unpaired) electrons. The highest BCUT2D eigenvalue weighted by molar-refractivity contribution is 5.95. The molecule has 1 heterocycles. The molecule has 0 unspecified atom stereocenters. The Morgan fingerprint density at radius 2 is 1.61 bits per heavy atom. The summed E-state index contributed by atoms with van der Waals surface area (Å²) in [6.45, 7) is 10.1. The monoisotopic (exact) mass is 442 g/mol. The van der Waals surface area contributed by atoms with Gasteiger partial charge in [0.05, 0.1) is 0 Å². The van der Waals surface area contributed by atoms with Crippen LogP contribution in [0.1, 0.15) is 47.3 Å². The van der Waals surface area contributed by atoms with Crippen molar-refractivity contribution in [2.75, 3.05) is 31.5 Å². The van der Waals surface area contributed by atoms with Gasteiger partial charge in [-0.15, -0.1) is 0 Å². The number of hydrogen-bond acceptors (Lipinski definition) is 4. The predicted octanol–water partition coefficient (Wildman–Crippen LogP) is 5.77. The fourth-order valence-corrected chi connectivity index (χ4v) is 3.59. The lowest BCUT2D eigenvalue weighted by Gasteiger charge is -2.17. The van der Waals surface area contributed by atoms with Crippen LogP contribution >= 0.6 is 0 Å². The topological polar surface area (TPSA) is 57.3 Å². The molecule has 3 rings (SSSR count). The quantitative estimate of drug-likeness (QED) is 0.370. The standard InChI is InChI=1S/C28H34N4O/c1-4-32(5-2)20-6-17-30-28(33)25-11-14-27(22(3)21-25)31-26-12-9-23(10-13-26)7-8-24-15-18-29-19-16-24/h7-16,18-19,21,31H,4-6,17,20H2,1-3H3,(H,30,33). The van der Waals surface area contributed by atoms with Crippen LogP contribution in [0.15, 0.2) is 67.0 Å². The zero-order valence-electron chi connectivity index (χ0n) is 19.8. The third kappa shape index (κ3) is 7.58. The average molecular weight is 443 g/mol. The second kappa shape index (κ2) is 12.6. The van der Waals surface area contributed by atoms with Crippen molar-refractivity contribution in [2.45, 2.75) is 27.2 Å². The zero-order valence-corrected chi connectivity index (χ0v) is 19.8. The van der Waals surface area contributed by atoms with E-state index < -0.39 is 0 Å². The van der Waals surface area contributed by atoms with Crippen LogP contribution in [0, 0.1) is 6.92 Å². The van der Waals surface area contributed by atoms with Gasteiger partial charge in [0.25, 0.3) is 5.91 Å². The van der Waals surface area contributed by atoms with Crippen LogP contribution in [0.25, 0.3) is 12.2 Å². The van der Waals surface area contributed by atoms with Crippen molar-refractivity contribution in [2.24, 2.45) is 0 Å².